The number of carbonyl (C=O) groups excluding carboxylic acids is 2. The molecular weight excluding hydrogens is 392 g/mol. The summed E-state index contributed by atoms with van der Waals surface area (Å²) in [6, 6.07) is 12.7. The smallest absolute Gasteiger partial charge is 0.297 e. The minimum atomic E-state index is -0.682. The van der Waals surface area contributed by atoms with E-state index in [2.05, 4.69) is 14.5 Å². The Bertz CT molecular complexity index is 1240. The molecule has 0 unspecified atom stereocenters. The van der Waals surface area contributed by atoms with Crippen LogP contribution in [0.3, 0.4) is 0 Å². The minimum Gasteiger partial charge on any atom is -0.320 e. The van der Waals surface area contributed by atoms with E-state index in [0.717, 1.165) is 27.8 Å². The van der Waals surface area contributed by atoms with Crippen molar-refractivity contribution in [3.05, 3.63) is 81.9 Å². The van der Waals surface area contributed by atoms with Crippen molar-refractivity contribution in [3.8, 4) is 0 Å². The number of Topliss-reactive ketones (excluding diaryl/α,β-unsaturated/α-hetero) is 1. The Hall–Kier alpha value is -3.28. The van der Waals surface area contributed by atoms with Gasteiger partial charge >= 0.3 is 0 Å². The lowest BCUT2D eigenvalue weighted by atomic mass is 10.1. The van der Waals surface area contributed by atoms with E-state index in [9.17, 15) is 9.59 Å². The zero-order valence-corrected chi connectivity index (χ0v) is 16.4. The summed E-state index contributed by atoms with van der Waals surface area (Å²) in [5.74, 6) is -1.27. The molecule has 4 aromatic rings. The number of amides is 1. The number of hydrogen-bond acceptors (Lipinski definition) is 5. The summed E-state index contributed by atoms with van der Waals surface area (Å²) in [6.45, 7) is 8.93. The van der Waals surface area contributed by atoms with Gasteiger partial charge in [0.05, 0.1) is 23.3 Å². The fourth-order valence-corrected chi connectivity index (χ4v) is 4.42. The van der Waals surface area contributed by atoms with Crippen molar-refractivity contribution in [2.45, 2.75) is 13.3 Å². The van der Waals surface area contributed by atoms with Crippen LogP contribution in [-0.4, -0.2) is 20.5 Å². The van der Waals surface area contributed by atoms with Crippen molar-refractivity contribution < 1.29 is 9.59 Å². The predicted molar refractivity (Wildman–Crippen MR) is 111 cm³/mol. The van der Waals surface area contributed by atoms with E-state index in [4.69, 9.17) is 6.57 Å². The summed E-state index contributed by atoms with van der Waals surface area (Å²) >= 11 is 2.57. The second-order valence-corrected chi connectivity index (χ2v) is 8.10. The molecule has 0 spiro atoms. The van der Waals surface area contributed by atoms with Gasteiger partial charge in [0, 0.05) is 18.3 Å². The van der Waals surface area contributed by atoms with Gasteiger partial charge in [-0.05, 0) is 53.7 Å². The summed E-state index contributed by atoms with van der Waals surface area (Å²) in [7, 11) is 0. The van der Waals surface area contributed by atoms with Crippen LogP contribution in [0.4, 0.5) is 10.0 Å². The van der Waals surface area contributed by atoms with E-state index in [1.54, 1.807) is 18.2 Å². The second kappa shape index (κ2) is 7.38. The number of rotatable bonds is 5. The Labute approximate surface area is 169 Å². The first-order valence-corrected chi connectivity index (χ1v) is 9.98. The highest BCUT2D eigenvalue weighted by Crippen LogP contribution is 2.28. The van der Waals surface area contributed by atoms with Gasteiger partial charge in [-0.2, -0.15) is 15.7 Å². The van der Waals surface area contributed by atoms with Crippen LogP contribution < -0.4 is 5.32 Å². The lowest BCUT2D eigenvalue weighted by Gasteiger charge is -2.02. The molecule has 0 fully saturated rings. The highest BCUT2D eigenvalue weighted by Gasteiger charge is 2.22. The lowest BCUT2D eigenvalue weighted by Crippen LogP contribution is -2.22. The number of pyridine rings is 1. The maximum absolute atomic E-state index is 12.8. The van der Waals surface area contributed by atoms with E-state index in [0.29, 0.717) is 27.5 Å². The summed E-state index contributed by atoms with van der Waals surface area (Å²) in [5.41, 5.74) is 2.72. The zero-order chi connectivity index (χ0) is 19.7. The molecule has 0 saturated carbocycles. The van der Waals surface area contributed by atoms with Crippen LogP contribution in [0.15, 0.2) is 48.7 Å². The Morgan fingerprint density at radius 2 is 2.11 bits per heavy atom. The van der Waals surface area contributed by atoms with Crippen LogP contribution in [0, 0.1) is 13.5 Å². The second-order valence-electron chi connectivity index (χ2n) is 6.15. The molecule has 4 heterocycles. The molecule has 8 heteroatoms. The molecule has 0 bridgehead atoms. The Kier molecular flexibility index (Phi) is 4.77. The molecule has 0 aliphatic rings. The summed E-state index contributed by atoms with van der Waals surface area (Å²) in [4.78, 5) is 29.7. The van der Waals surface area contributed by atoms with Gasteiger partial charge < -0.3 is 9.72 Å². The molecule has 4 rings (SSSR count). The first-order valence-electron chi connectivity index (χ1n) is 8.39. The third kappa shape index (κ3) is 3.45. The highest BCUT2D eigenvalue weighted by atomic mass is 32.1. The van der Waals surface area contributed by atoms with Crippen molar-refractivity contribution in [1.29, 1.82) is 0 Å². The first kappa shape index (κ1) is 18.1. The van der Waals surface area contributed by atoms with Gasteiger partial charge in [0.25, 0.3) is 11.7 Å². The quantitative estimate of drug-likeness (QED) is 0.296. The molecular formula is C20H14N4O2S2. The maximum Gasteiger partial charge on any atom is 0.297 e. The maximum atomic E-state index is 12.8. The average Bonchev–Trinajstić information content (AvgIpc) is 3.41. The van der Waals surface area contributed by atoms with Crippen LogP contribution in [0.25, 0.3) is 10.4 Å². The first-order chi connectivity index (χ1) is 13.5. The molecule has 0 aliphatic heterocycles. The zero-order valence-electron chi connectivity index (χ0n) is 14.8. The van der Waals surface area contributed by atoms with E-state index in [-0.39, 0.29) is 0 Å². The fraction of sp³-hybridized carbons (Fsp3) is 0.100. The van der Waals surface area contributed by atoms with Gasteiger partial charge in [-0.3, -0.25) is 9.59 Å². The van der Waals surface area contributed by atoms with Gasteiger partial charge in [-0.25, -0.2) is 4.85 Å². The van der Waals surface area contributed by atoms with Gasteiger partial charge in [0.1, 0.15) is 5.00 Å². The van der Waals surface area contributed by atoms with E-state index < -0.39 is 11.7 Å². The number of nitrogens with zero attached hydrogens (tertiary/aromatic N) is 3. The molecule has 0 radical (unpaired) electrons. The molecule has 138 valence electrons. The average molecular weight is 406 g/mol. The Balaban J connectivity index is 1.66. The monoisotopic (exact) mass is 406 g/mol. The normalized spacial score (nSPS) is 10.7. The predicted octanol–water partition coefficient (Wildman–Crippen LogP) is 4.73. The molecule has 6 nitrogen and oxygen atoms in total. The number of ketones is 1. The number of anilines is 1. The van der Waals surface area contributed by atoms with E-state index >= 15 is 0 Å². The molecule has 0 saturated heterocycles. The SMILES string of the molecule is [C-]#[N+]c1ccc(Cc2cc(C(=O)C(=O)Nc3cc(C)ns3)c3ccccn23)s1. The molecule has 0 aliphatic carbocycles. The number of nitrogens with one attached hydrogen (secondary N) is 1. The molecule has 0 atom stereocenters. The van der Waals surface area contributed by atoms with E-state index in [1.807, 2.05) is 41.8 Å². The fourth-order valence-electron chi connectivity index (χ4n) is 2.95. The summed E-state index contributed by atoms with van der Waals surface area (Å²) < 4.78 is 6.01. The van der Waals surface area contributed by atoms with E-state index in [1.165, 1.54) is 11.3 Å². The van der Waals surface area contributed by atoms with Crippen molar-refractivity contribution in [2.24, 2.45) is 0 Å². The number of carbonyl (C=O) groups is 2. The number of hydrogen-bond donors (Lipinski definition) is 1. The molecule has 1 N–H and O–H groups in total. The molecule has 4 aromatic heterocycles. The van der Waals surface area contributed by atoms with Gasteiger partial charge in [0.2, 0.25) is 5.00 Å². The number of thiophene rings is 1. The Morgan fingerprint density at radius 1 is 1.25 bits per heavy atom. The lowest BCUT2D eigenvalue weighted by molar-refractivity contribution is -0.112. The number of aromatic nitrogens is 2. The van der Waals surface area contributed by atoms with Crippen LogP contribution >= 0.6 is 22.9 Å². The number of aryl methyl sites for hydroxylation is 1. The summed E-state index contributed by atoms with van der Waals surface area (Å²) in [6.07, 6.45) is 2.45. The van der Waals surface area contributed by atoms with Gasteiger partial charge in [-0.15, -0.1) is 0 Å². The highest BCUT2D eigenvalue weighted by molar-refractivity contribution is 7.16. The minimum absolute atomic E-state index is 0.358. The topological polar surface area (TPSA) is 67.8 Å². The van der Waals surface area contributed by atoms with Crippen molar-refractivity contribution >= 4 is 50.1 Å². The van der Waals surface area contributed by atoms with Gasteiger partial charge in [0.15, 0.2) is 0 Å². The number of fused-ring (bicyclic) bond motifs is 1. The largest absolute Gasteiger partial charge is 0.320 e. The molecule has 28 heavy (non-hydrogen) atoms. The van der Waals surface area contributed by atoms with Crippen LogP contribution in [0.5, 0.6) is 0 Å². The molecule has 1 amide bonds. The summed E-state index contributed by atoms with van der Waals surface area (Å²) in [5, 5.41) is 3.80. The van der Waals surface area contributed by atoms with Crippen LogP contribution in [-0.2, 0) is 11.2 Å². The molecule has 0 aromatic carbocycles. The third-order valence-electron chi connectivity index (χ3n) is 4.18. The third-order valence-corrected chi connectivity index (χ3v) is 5.96. The van der Waals surface area contributed by atoms with Crippen molar-refractivity contribution in [2.75, 3.05) is 5.32 Å². The standard InChI is InChI=1S/C20H14N4O2S2/c1-12-9-18(28-23-12)22-20(26)19(25)15-11-13(24-8-4-3-5-16(15)24)10-14-6-7-17(21-2)27-14/h3-9,11H,10H2,1H3,(H,22,26). The van der Waals surface area contributed by atoms with Crippen molar-refractivity contribution in [3.63, 3.8) is 0 Å². The van der Waals surface area contributed by atoms with Crippen molar-refractivity contribution in [1.82, 2.24) is 8.77 Å². The Morgan fingerprint density at radius 3 is 2.82 bits per heavy atom. The van der Waals surface area contributed by atoms with Crippen LogP contribution in [0.1, 0.15) is 26.6 Å². The van der Waals surface area contributed by atoms with Gasteiger partial charge in [-0.1, -0.05) is 12.1 Å². The van der Waals surface area contributed by atoms with Crippen LogP contribution in [0.2, 0.25) is 0 Å².